The molecule has 11 nitrogen and oxygen atoms in total. The maximum Gasteiger partial charge on any atom is 0.334 e. The fraction of sp³-hybridized carbons (Fsp3) is 0.737. The molecule has 0 radical (unpaired) electrons. The molecule has 0 fully saturated rings. The molecule has 0 rings (SSSR count). The van der Waals surface area contributed by atoms with Crippen molar-refractivity contribution >= 4 is 30.5 Å². The van der Waals surface area contributed by atoms with Gasteiger partial charge in [-0.3, -0.25) is 14.4 Å². The van der Waals surface area contributed by atoms with Gasteiger partial charge < -0.3 is 29.7 Å². The van der Waals surface area contributed by atoms with Crippen LogP contribution in [-0.4, -0.2) is 82.1 Å². The highest BCUT2D eigenvalue weighted by molar-refractivity contribution is 5.79. The minimum atomic E-state index is -0.611. The molecule has 0 aromatic carbocycles. The highest BCUT2D eigenvalue weighted by Crippen LogP contribution is 1.99. The summed E-state index contributed by atoms with van der Waals surface area (Å²) < 4.78 is 10.6. The summed E-state index contributed by atoms with van der Waals surface area (Å²) in [6.07, 6.45) is 4.27. The Balaban J connectivity index is 3.45. The van der Waals surface area contributed by atoms with Crippen LogP contribution in [0.4, 0.5) is 0 Å². The third-order valence-corrected chi connectivity index (χ3v) is 3.77. The number of hydrogen-bond donors (Lipinski definition) is 2. The maximum atomic E-state index is 11.6. The van der Waals surface area contributed by atoms with E-state index in [9.17, 15) is 24.0 Å². The van der Waals surface area contributed by atoms with Crippen LogP contribution in [0.5, 0.6) is 0 Å². The van der Waals surface area contributed by atoms with Gasteiger partial charge in [0.25, 0.3) is 5.91 Å². The molecule has 0 aromatic rings. The van der Waals surface area contributed by atoms with Gasteiger partial charge in [0.15, 0.2) is 0 Å². The SMILES string of the molecule is CN(OC(=O)CCOCCOCCNC(=O)CCCCCNC=O)C(=O)CCC=O. The molecule has 172 valence electrons. The molecule has 0 atom stereocenters. The van der Waals surface area contributed by atoms with Crippen LogP contribution >= 0.6 is 0 Å². The Labute approximate surface area is 176 Å². The van der Waals surface area contributed by atoms with Crippen LogP contribution in [0, 0.1) is 0 Å². The molecule has 0 aliphatic carbocycles. The summed E-state index contributed by atoms with van der Waals surface area (Å²) in [6.45, 7) is 2.11. The quantitative estimate of drug-likeness (QED) is 0.162. The lowest BCUT2D eigenvalue weighted by Crippen LogP contribution is -2.30. The molecule has 3 amide bonds. The van der Waals surface area contributed by atoms with Crippen LogP contribution in [0.2, 0.25) is 0 Å². The van der Waals surface area contributed by atoms with E-state index in [4.69, 9.17) is 14.3 Å². The second kappa shape index (κ2) is 19.8. The minimum Gasteiger partial charge on any atom is -0.378 e. The predicted octanol–water partition coefficient (Wildman–Crippen LogP) is -0.272. The fourth-order valence-corrected chi connectivity index (χ4v) is 2.17. The Morgan fingerprint density at radius 1 is 0.867 bits per heavy atom. The van der Waals surface area contributed by atoms with Crippen LogP contribution in [-0.2, 0) is 38.3 Å². The summed E-state index contributed by atoms with van der Waals surface area (Å²) in [5.74, 6) is -1.10. The first-order valence-corrected chi connectivity index (χ1v) is 10.0. The number of hydroxylamine groups is 2. The van der Waals surface area contributed by atoms with Crippen LogP contribution in [0.25, 0.3) is 0 Å². The lowest BCUT2D eigenvalue weighted by atomic mass is 10.2. The second-order valence-electron chi connectivity index (χ2n) is 6.27. The molecule has 0 spiro atoms. The molecule has 0 bridgehead atoms. The zero-order chi connectivity index (χ0) is 22.5. The minimum absolute atomic E-state index is 0.0121. The summed E-state index contributed by atoms with van der Waals surface area (Å²) in [6, 6.07) is 0. The number of hydrogen-bond acceptors (Lipinski definition) is 8. The van der Waals surface area contributed by atoms with Crippen molar-refractivity contribution in [3.8, 4) is 0 Å². The third-order valence-electron chi connectivity index (χ3n) is 3.77. The molecule has 2 N–H and O–H groups in total. The average Bonchev–Trinajstić information content (AvgIpc) is 2.73. The molecule has 11 heteroatoms. The number of ether oxygens (including phenoxy) is 2. The normalized spacial score (nSPS) is 10.2. The van der Waals surface area contributed by atoms with Crippen molar-refractivity contribution in [1.29, 1.82) is 0 Å². The van der Waals surface area contributed by atoms with Gasteiger partial charge in [0.05, 0.1) is 32.8 Å². The Bertz CT molecular complexity index is 516. The van der Waals surface area contributed by atoms with E-state index in [-0.39, 0.29) is 38.4 Å². The summed E-state index contributed by atoms with van der Waals surface area (Å²) in [5.41, 5.74) is 0. The van der Waals surface area contributed by atoms with E-state index in [0.717, 1.165) is 24.3 Å². The molecule has 0 aliphatic heterocycles. The first-order chi connectivity index (χ1) is 14.5. The van der Waals surface area contributed by atoms with Crippen molar-refractivity contribution in [3.05, 3.63) is 0 Å². The van der Waals surface area contributed by atoms with Crippen molar-refractivity contribution in [2.24, 2.45) is 0 Å². The molecular weight excluding hydrogens is 398 g/mol. The zero-order valence-corrected chi connectivity index (χ0v) is 17.6. The van der Waals surface area contributed by atoms with E-state index in [2.05, 4.69) is 10.6 Å². The van der Waals surface area contributed by atoms with E-state index in [1.165, 1.54) is 7.05 Å². The van der Waals surface area contributed by atoms with Gasteiger partial charge in [-0.25, -0.2) is 4.79 Å². The topological polar surface area (TPSA) is 140 Å². The van der Waals surface area contributed by atoms with Crippen LogP contribution in [0.3, 0.4) is 0 Å². The Morgan fingerprint density at radius 2 is 1.60 bits per heavy atom. The third kappa shape index (κ3) is 17.6. The number of amides is 3. The molecule has 30 heavy (non-hydrogen) atoms. The van der Waals surface area contributed by atoms with Crippen LogP contribution < -0.4 is 10.6 Å². The number of carbonyl (C=O) groups excluding carboxylic acids is 5. The van der Waals surface area contributed by atoms with Gasteiger partial charge in [0.2, 0.25) is 12.3 Å². The largest absolute Gasteiger partial charge is 0.378 e. The van der Waals surface area contributed by atoms with E-state index >= 15 is 0 Å². The van der Waals surface area contributed by atoms with Crippen LogP contribution in [0.1, 0.15) is 44.9 Å². The van der Waals surface area contributed by atoms with Gasteiger partial charge in [-0.15, -0.1) is 0 Å². The average molecular weight is 431 g/mol. The van der Waals surface area contributed by atoms with Crippen molar-refractivity contribution in [2.75, 3.05) is 46.6 Å². The first-order valence-electron chi connectivity index (χ1n) is 10.0. The molecule has 0 aliphatic rings. The first kappa shape index (κ1) is 27.5. The van der Waals surface area contributed by atoms with Crippen molar-refractivity contribution in [3.63, 3.8) is 0 Å². The van der Waals surface area contributed by atoms with E-state index < -0.39 is 11.9 Å². The van der Waals surface area contributed by atoms with Crippen molar-refractivity contribution in [1.82, 2.24) is 15.7 Å². The summed E-state index contributed by atoms with van der Waals surface area (Å²) >= 11 is 0. The number of nitrogens with zero attached hydrogens (tertiary/aromatic N) is 1. The summed E-state index contributed by atoms with van der Waals surface area (Å²) in [7, 11) is 1.31. The van der Waals surface area contributed by atoms with E-state index in [1.54, 1.807) is 0 Å². The smallest absolute Gasteiger partial charge is 0.334 e. The highest BCUT2D eigenvalue weighted by Gasteiger charge is 2.13. The van der Waals surface area contributed by atoms with Gasteiger partial charge in [-0.2, -0.15) is 5.06 Å². The molecule has 0 heterocycles. The summed E-state index contributed by atoms with van der Waals surface area (Å²) in [4.78, 5) is 59.7. The van der Waals surface area contributed by atoms with Crippen molar-refractivity contribution < 1.29 is 38.3 Å². The lowest BCUT2D eigenvalue weighted by molar-refractivity contribution is -0.193. The highest BCUT2D eigenvalue weighted by atomic mass is 16.7. The Kier molecular flexibility index (Phi) is 18.1. The Morgan fingerprint density at radius 3 is 2.30 bits per heavy atom. The summed E-state index contributed by atoms with van der Waals surface area (Å²) in [5, 5.41) is 6.14. The number of rotatable bonds is 19. The number of carbonyl (C=O) groups is 5. The van der Waals surface area contributed by atoms with E-state index in [0.29, 0.717) is 45.4 Å². The second-order valence-corrected chi connectivity index (χ2v) is 6.27. The van der Waals surface area contributed by atoms with Crippen molar-refractivity contribution in [2.45, 2.75) is 44.9 Å². The van der Waals surface area contributed by atoms with Gasteiger partial charge in [-0.1, -0.05) is 6.42 Å². The van der Waals surface area contributed by atoms with Gasteiger partial charge >= 0.3 is 5.97 Å². The molecule has 0 saturated carbocycles. The lowest BCUT2D eigenvalue weighted by Gasteiger charge is -2.15. The van der Waals surface area contributed by atoms with Crippen LogP contribution in [0.15, 0.2) is 0 Å². The number of nitrogens with one attached hydrogen (secondary N) is 2. The molecule has 0 saturated heterocycles. The molecule has 0 aromatic heterocycles. The van der Waals surface area contributed by atoms with Gasteiger partial charge in [0.1, 0.15) is 6.29 Å². The number of aldehydes is 1. The molecule has 0 unspecified atom stereocenters. The van der Waals surface area contributed by atoms with E-state index in [1.807, 2.05) is 0 Å². The molecular formula is C19H33N3O8. The zero-order valence-electron chi connectivity index (χ0n) is 17.6. The monoisotopic (exact) mass is 431 g/mol. The Hall–Kier alpha value is -2.53. The van der Waals surface area contributed by atoms with Gasteiger partial charge in [0, 0.05) is 39.4 Å². The standard InChI is InChI=1S/C19H33N3O8/c1-22(18(26)7-5-11-23)30-19(27)8-12-28-14-15-29-13-10-21-17(25)6-3-2-4-9-20-16-24/h11,16H,2-10,12-15H2,1H3,(H,20,24)(H,21,25). The number of unbranched alkanes of at least 4 members (excludes halogenated alkanes) is 2. The maximum absolute atomic E-state index is 11.6. The van der Waals surface area contributed by atoms with Gasteiger partial charge in [-0.05, 0) is 12.8 Å². The fourth-order valence-electron chi connectivity index (χ4n) is 2.17. The predicted molar refractivity (Wildman–Crippen MR) is 106 cm³/mol.